The van der Waals surface area contributed by atoms with Crippen LogP contribution in [0.4, 0.5) is 0 Å². The highest BCUT2D eigenvalue weighted by molar-refractivity contribution is 7.20. The Morgan fingerprint density at radius 2 is 1.87 bits per heavy atom. The van der Waals surface area contributed by atoms with E-state index in [-0.39, 0.29) is 12.0 Å². The monoisotopic (exact) mass is 435 g/mol. The third kappa shape index (κ3) is 3.82. The first kappa shape index (κ1) is 19.2. The molecule has 0 radical (unpaired) electrons. The molecule has 30 heavy (non-hydrogen) atoms. The molecule has 1 aliphatic heterocycles. The van der Waals surface area contributed by atoms with Gasteiger partial charge in [0.15, 0.2) is 0 Å². The number of benzene rings is 2. The summed E-state index contributed by atoms with van der Waals surface area (Å²) >= 11 is 3.10. The summed E-state index contributed by atoms with van der Waals surface area (Å²) in [5, 5.41) is 3.45. The minimum atomic E-state index is 0.00231. The van der Waals surface area contributed by atoms with Gasteiger partial charge in [0.25, 0.3) is 11.1 Å². The van der Waals surface area contributed by atoms with E-state index in [0.29, 0.717) is 18.8 Å². The number of para-hydroxylation sites is 1. The fourth-order valence-corrected chi connectivity index (χ4v) is 5.44. The number of rotatable bonds is 4. The van der Waals surface area contributed by atoms with Gasteiger partial charge in [0.1, 0.15) is 16.8 Å². The number of likely N-dealkylation sites (tertiary alicyclic amines) is 1. The molecule has 7 heteroatoms. The fraction of sp³-hybridized carbons (Fsp3) is 0.261. The van der Waals surface area contributed by atoms with Gasteiger partial charge in [0, 0.05) is 36.9 Å². The van der Waals surface area contributed by atoms with Crippen LogP contribution < -0.4 is 4.74 Å². The van der Waals surface area contributed by atoms with Gasteiger partial charge in [0.05, 0.1) is 10.2 Å². The van der Waals surface area contributed by atoms with Gasteiger partial charge in [0.2, 0.25) is 0 Å². The van der Waals surface area contributed by atoms with E-state index in [1.165, 1.54) is 11.3 Å². The van der Waals surface area contributed by atoms with Gasteiger partial charge in [-0.3, -0.25) is 4.79 Å². The molecule has 0 N–H and O–H groups in total. The van der Waals surface area contributed by atoms with Gasteiger partial charge >= 0.3 is 0 Å². The maximum absolute atomic E-state index is 12.9. The van der Waals surface area contributed by atoms with Crippen LogP contribution in [0.5, 0.6) is 5.19 Å². The van der Waals surface area contributed by atoms with Crippen LogP contribution in [0.1, 0.15) is 28.9 Å². The quantitative estimate of drug-likeness (QED) is 0.430. The zero-order valence-electron chi connectivity index (χ0n) is 16.6. The van der Waals surface area contributed by atoms with Crippen LogP contribution in [-0.4, -0.2) is 40.0 Å². The van der Waals surface area contributed by atoms with Crippen molar-refractivity contribution >= 4 is 38.8 Å². The molecule has 0 unspecified atom stereocenters. The topological polar surface area (TPSA) is 55.3 Å². The Bertz CT molecular complexity index is 1180. The molecule has 0 aliphatic carbocycles. The van der Waals surface area contributed by atoms with Crippen LogP contribution in [-0.2, 0) is 0 Å². The summed E-state index contributed by atoms with van der Waals surface area (Å²) in [7, 11) is 0. The predicted octanol–water partition coefficient (Wildman–Crippen LogP) is 5.41. The van der Waals surface area contributed by atoms with Crippen molar-refractivity contribution in [2.75, 3.05) is 13.1 Å². The SMILES string of the molecule is Cc1cccc2sc(OC3CCN(C(=O)c4csc(-c5ccccc5)n4)CC3)nc12. The number of carbonyl (C=O) groups is 1. The standard InChI is InChI=1S/C23H21N3O2S2/c1-15-6-5-9-19-20(15)25-23(30-19)28-17-10-12-26(13-11-17)22(27)18-14-29-21(24-18)16-7-3-2-4-8-16/h2-9,14,17H,10-13H2,1H3. The zero-order valence-corrected chi connectivity index (χ0v) is 18.2. The summed E-state index contributed by atoms with van der Waals surface area (Å²) < 4.78 is 7.30. The normalized spacial score (nSPS) is 14.9. The number of piperidine rings is 1. The summed E-state index contributed by atoms with van der Waals surface area (Å²) in [6, 6.07) is 16.2. The van der Waals surface area contributed by atoms with E-state index in [9.17, 15) is 4.79 Å². The van der Waals surface area contributed by atoms with E-state index < -0.39 is 0 Å². The molecule has 5 rings (SSSR count). The average Bonchev–Trinajstić information content (AvgIpc) is 3.42. The van der Waals surface area contributed by atoms with E-state index in [4.69, 9.17) is 4.74 Å². The Labute approximate surface area is 183 Å². The van der Waals surface area contributed by atoms with Gasteiger partial charge < -0.3 is 9.64 Å². The smallest absolute Gasteiger partial charge is 0.274 e. The van der Waals surface area contributed by atoms with Gasteiger partial charge in [-0.25, -0.2) is 9.97 Å². The summed E-state index contributed by atoms with van der Waals surface area (Å²) in [5.74, 6) is 0.00231. The minimum absolute atomic E-state index is 0.00231. The van der Waals surface area contributed by atoms with Crippen molar-refractivity contribution in [3.63, 3.8) is 0 Å². The number of thiazole rings is 2. The lowest BCUT2D eigenvalue weighted by Gasteiger charge is -2.31. The molecule has 1 amide bonds. The Morgan fingerprint density at radius 1 is 1.07 bits per heavy atom. The molecule has 1 fully saturated rings. The molecule has 4 aromatic rings. The number of ether oxygens (including phenoxy) is 1. The van der Waals surface area contributed by atoms with Gasteiger partial charge in [-0.1, -0.05) is 53.8 Å². The van der Waals surface area contributed by atoms with E-state index in [2.05, 4.69) is 29.0 Å². The molecule has 1 aliphatic rings. The highest BCUT2D eigenvalue weighted by atomic mass is 32.1. The van der Waals surface area contributed by atoms with Crippen LogP contribution in [0.15, 0.2) is 53.9 Å². The van der Waals surface area contributed by atoms with Crippen molar-refractivity contribution in [1.29, 1.82) is 0 Å². The molecule has 152 valence electrons. The molecule has 1 saturated heterocycles. The predicted molar refractivity (Wildman–Crippen MR) is 121 cm³/mol. The number of hydrogen-bond donors (Lipinski definition) is 0. The Morgan fingerprint density at radius 3 is 2.63 bits per heavy atom. The van der Waals surface area contributed by atoms with Gasteiger partial charge in [-0.2, -0.15) is 0 Å². The van der Waals surface area contributed by atoms with E-state index in [1.807, 2.05) is 46.7 Å². The van der Waals surface area contributed by atoms with Gasteiger partial charge in [-0.05, 0) is 18.6 Å². The average molecular weight is 436 g/mol. The van der Waals surface area contributed by atoms with Crippen LogP contribution in [0, 0.1) is 6.92 Å². The first-order valence-electron chi connectivity index (χ1n) is 10.0. The Kier molecular flexibility index (Phi) is 5.23. The molecule has 0 spiro atoms. The molecule has 3 heterocycles. The van der Waals surface area contributed by atoms with Crippen molar-refractivity contribution in [1.82, 2.24) is 14.9 Å². The number of fused-ring (bicyclic) bond motifs is 1. The number of amides is 1. The first-order chi connectivity index (χ1) is 14.7. The summed E-state index contributed by atoms with van der Waals surface area (Å²) in [6.45, 7) is 3.41. The molecule has 2 aromatic heterocycles. The summed E-state index contributed by atoms with van der Waals surface area (Å²) in [5.41, 5.74) is 3.75. The number of aryl methyl sites for hydroxylation is 1. The largest absolute Gasteiger partial charge is 0.467 e. The fourth-order valence-electron chi connectivity index (χ4n) is 3.68. The third-order valence-corrected chi connectivity index (χ3v) is 7.14. The lowest BCUT2D eigenvalue weighted by atomic mass is 10.1. The molecule has 0 bridgehead atoms. The second-order valence-corrected chi connectivity index (χ2v) is 9.27. The number of aromatic nitrogens is 2. The van der Waals surface area contributed by atoms with Crippen LogP contribution in [0.2, 0.25) is 0 Å². The molecular formula is C23H21N3O2S2. The second-order valence-electron chi connectivity index (χ2n) is 7.41. The maximum atomic E-state index is 12.9. The zero-order chi connectivity index (χ0) is 20.5. The van der Waals surface area contributed by atoms with E-state index >= 15 is 0 Å². The number of carbonyl (C=O) groups excluding carboxylic acids is 1. The highest BCUT2D eigenvalue weighted by Crippen LogP contribution is 2.31. The van der Waals surface area contributed by atoms with Crippen LogP contribution in [0.25, 0.3) is 20.8 Å². The number of nitrogens with zero attached hydrogens (tertiary/aromatic N) is 3. The molecule has 2 aromatic carbocycles. The van der Waals surface area contributed by atoms with E-state index in [0.717, 1.165) is 44.4 Å². The van der Waals surface area contributed by atoms with Crippen LogP contribution >= 0.6 is 22.7 Å². The molecular weight excluding hydrogens is 414 g/mol. The molecule has 0 saturated carbocycles. The second kappa shape index (κ2) is 8.16. The minimum Gasteiger partial charge on any atom is -0.467 e. The van der Waals surface area contributed by atoms with Gasteiger partial charge in [-0.15, -0.1) is 11.3 Å². The maximum Gasteiger partial charge on any atom is 0.274 e. The highest BCUT2D eigenvalue weighted by Gasteiger charge is 2.27. The Hall–Kier alpha value is -2.77. The van der Waals surface area contributed by atoms with E-state index in [1.54, 1.807) is 11.3 Å². The molecule has 5 nitrogen and oxygen atoms in total. The van der Waals surface area contributed by atoms with Crippen molar-refractivity contribution in [2.45, 2.75) is 25.9 Å². The number of hydrogen-bond acceptors (Lipinski definition) is 6. The lowest BCUT2D eigenvalue weighted by Crippen LogP contribution is -2.41. The Balaban J connectivity index is 1.21. The van der Waals surface area contributed by atoms with Crippen molar-refractivity contribution in [3.05, 3.63) is 65.2 Å². The lowest BCUT2D eigenvalue weighted by molar-refractivity contribution is 0.0591. The van der Waals surface area contributed by atoms with Crippen molar-refractivity contribution < 1.29 is 9.53 Å². The van der Waals surface area contributed by atoms with Crippen molar-refractivity contribution in [3.8, 4) is 15.8 Å². The summed E-state index contributed by atoms with van der Waals surface area (Å²) in [4.78, 5) is 24.0. The first-order valence-corrected chi connectivity index (χ1v) is 11.7. The summed E-state index contributed by atoms with van der Waals surface area (Å²) in [6.07, 6.45) is 1.69. The van der Waals surface area contributed by atoms with Crippen molar-refractivity contribution in [2.24, 2.45) is 0 Å². The van der Waals surface area contributed by atoms with Crippen LogP contribution in [0.3, 0.4) is 0 Å². The molecule has 0 atom stereocenters. The third-order valence-electron chi connectivity index (χ3n) is 5.34.